The minimum atomic E-state index is -2.18. The second kappa shape index (κ2) is 10.4. The summed E-state index contributed by atoms with van der Waals surface area (Å²) in [5, 5.41) is 23.1. The van der Waals surface area contributed by atoms with E-state index in [9.17, 15) is 15.3 Å². The molecule has 0 amide bonds. The first-order valence-electron chi connectivity index (χ1n) is 13.3. The molecular formula is C28H39ClN6O4Si. The number of ether oxygens (including phenoxy) is 1. The number of hydrogen-bond acceptors (Lipinski definition) is 9. The number of aliphatic hydroxyl groups excluding tert-OH is 1. The molecule has 0 atom stereocenters. The number of nitrogens with one attached hydrogen (secondary N) is 2. The Kier molecular flexibility index (Phi) is 7.72. The third-order valence-corrected chi connectivity index (χ3v) is 12.1. The molecule has 1 aliphatic carbocycles. The predicted molar refractivity (Wildman–Crippen MR) is 161 cm³/mol. The van der Waals surface area contributed by atoms with Gasteiger partial charge in [-0.15, -0.1) is 0 Å². The van der Waals surface area contributed by atoms with Crippen molar-refractivity contribution in [3.63, 3.8) is 0 Å². The van der Waals surface area contributed by atoms with Crippen LogP contribution in [0.5, 0.6) is 5.75 Å². The molecule has 1 fully saturated rings. The zero-order valence-electron chi connectivity index (χ0n) is 24.3. The van der Waals surface area contributed by atoms with Crippen molar-refractivity contribution in [2.45, 2.75) is 90.3 Å². The van der Waals surface area contributed by atoms with Crippen LogP contribution in [0.3, 0.4) is 0 Å². The molecule has 216 valence electrons. The van der Waals surface area contributed by atoms with Crippen molar-refractivity contribution < 1.29 is 19.1 Å². The quantitative estimate of drug-likeness (QED) is 0.197. The first kappa shape index (κ1) is 29.8. The second-order valence-corrected chi connectivity index (χ2v) is 18.0. The molecule has 12 heteroatoms. The fraction of sp³-hybridized carbons (Fsp3) is 0.500. The van der Waals surface area contributed by atoms with E-state index in [4.69, 9.17) is 26.5 Å². The van der Waals surface area contributed by atoms with Crippen molar-refractivity contribution in [3.8, 4) is 5.75 Å². The Morgan fingerprint density at radius 3 is 2.40 bits per heavy atom. The van der Waals surface area contributed by atoms with Gasteiger partial charge in [-0.05, 0) is 69.9 Å². The normalized spacial score (nSPS) is 17.9. The summed E-state index contributed by atoms with van der Waals surface area (Å²) in [5.41, 5.74) is 6.24. The van der Waals surface area contributed by atoms with E-state index < -0.39 is 20.0 Å². The van der Waals surface area contributed by atoms with Crippen LogP contribution < -0.4 is 15.5 Å². The Morgan fingerprint density at radius 2 is 1.82 bits per heavy atom. The zero-order chi connectivity index (χ0) is 29.8. The zero-order valence-corrected chi connectivity index (χ0v) is 26.1. The highest BCUT2D eigenvalue weighted by Crippen LogP contribution is 2.40. The lowest BCUT2D eigenvalue weighted by Gasteiger charge is -2.36. The van der Waals surface area contributed by atoms with Gasteiger partial charge in [0, 0.05) is 11.4 Å². The maximum Gasteiger partial charge on any atom is 0.419 e. The molecule has 1 saturated carbocycles. The van der Waals surface area contributed by atoms with Crippen LogP contribution in [0.2, 0.25) is 23.2 Å². The molecule has 0 aliphatic heterocycles. The van der Waals surface area contributed by atoms with E-state index in [0.29, 0.717) is 35.3 Å². The van der Waals surface area contributed by atoms with E-state index in [2.05, 4.69) is 49.1 Å². The summed E-state index contributed by atoms with van der Waals surface area (Å²) in [6.07, 6.45) is 1.37. The van der Waals surface area contributed by atoms with Gasteiger partial charge in [0.05, 0.1) is 33.6 Å². The number of carbonyl (C=O) groups excluding carboxylic acids is 1. The monoisotopic (exact) mass is 586 g/mol. The van der Waals surface area contributed by atoms with Gasteiger partial charge < -0.3 is 25.3 Å². The van der Waals surface area contributed by atoms with E-state index in [-0.39, 0.29) is 45.0 Å². The number of aliphatic hydroxyl groups is 1. The predicted octanol–water partition coefficient (Wildman–Crippen LogP) is 6.19. The van der Waals surface area contributed by atoms with E-state index >= 15 is 0 Å². The lowest BCUT2D eigenvalue weighted by atomic mass is 9.89. The minimum Gasteiger partial charge on any atom is -0.543 e. The first-order chi connectivity index (χ1) is 18.4. The Hall–Kier alpha value is -3.15. The maximum atomic E-state index is 13.6. The number of hydrogen-bond donors (Lipinski definition) is 4. The summed E-state index contributed by atoms with van der Waals surface area (Å²) in [6.45, 7) is 16.1. The Labute approximate surface area is 240 Å². The molecule has 40 heavy (non-hydrogen) atoms. The summed E-state index contributed by atoms with van der Waals surface area (Å²) in [7, 11) is -2.18. The fourth-order valence-corrected chi connectivity index (χ4v) is 5.56. The molecule has 0 bridgehead atoms. The van der Waals surface area contributed by atoms with Crippen molar-refractivity contribution in [3.05, 3.63) is 40.8 Å². The van der Waals surface area contributed by atoms with Gasteiger partial charge in [-0.2, -0.15) is 0 Å². The molecule has 0 radical (unpaired) electrons. The van der Waals surface area contributed by atoms with Gasteiger partial charge in [-0.3, -0.25) is 5.41 Å². The number of carbonyl (C=O) groups is 1. The molecule has 1 aliphatic rings. The smallest absolute Gasteiger partial charge is 0.419 e. The number of anilines is 2. The Morgan fingerprint density at radius 1 is 1.18 bits per heavy atom. The van der Waals surface area contributed by atoms with Crippen molar-refractivity contribution in [2.24, 2.45) is 0 Å². The van der Waals surface area contributed by atoms with Gasteiger partial charge in [0.25, 0.3) is 0 Å². The van der Waals surface area contributed by atoms with Crippen LogP contribution >= 0.6 is 11.6 Å². The van der Waals surface area contributed by atoms with Gasteiger partial charge in [0.2, 0.25) is 8.32 Å². The Bertz CT molecular complexity index is 1470. The Balaban J connectivity index is 1.87. The average Bonchev–Trinajstić information content (AvgIpc) is 3.16. The van der Waals surface area contributed by atoms with Crippen molar-refractivity contribution in [2.75, 3.05) is 11.1 Å². The van der Waals surface area contributed by atoms with E-state index in [0.717, 1.165) is 0 Å². The summed E-state index contributed by atoms with van der Waals surface area (Å²) >= 11 is 6.81. The van der Waals surface area contributed by atoms with Crippen LogP contribution in [-0.2, 0) is 4.74 Å². The SMILES string of the molecule is CC(C)(C)OC(=O)n1c(C(=N)c2c(N)ncnc2NC2CC(O)C2)cc2cc(O[Si](C)(C)C(C)(C)C)cc(Cl)c21. The first-order valence-corrected chi connectivity index (χ1v) is 16.6. The molecule has 2 heterocycles. The number of nitrogens with two attached hydrogens (primary N) is 1. The highest BCUT2D eigenvalue weighted by Gasteiger charge is 2.39. The molecule has 0 saturated heterocycles. The van der Waals surface area contributed by atoms with Crippen LogP contribution in [-0.4, -0.2) is 57.5 Å². The van der Waals surface area contributed by atoms with Gasteiger partial charge in [0.1, 0.15) is 29.3 Å². The second-order valence-electron chi connectivity index (χ2n) is 12.9. The minimum absolute atomic E-state index is 0.0166. The summed E-state index contributed by atoms with van der Waals surface area (Å²) < 4.78 is 13.5. The van der Waals surface area contributed by atoms with Crippen molar-refractivity contribution >= 4 is 54.3 Å². The van der Waals surface area contributed by atoms with Crippen LogP contribution in [0.25, 0.3) is 10.9 Å². The molecule has 4 rings (SSSR count). The molecule has 10 nitrogen and oxygen atoms in total. The van der Waals surface area contributed by atoms with Gasteiger partial charge >= 0.3 is 6.09 Å². The van der Waals surface area contributed by atoms with Crippen molar-refractivity contribution in [1.82, 2.24) is 14.5 Å². The van der Waals surface area contributed by atoms with Crippen LogP contribution in [0, 0.1) is 5.41 Å². The highest BCUT2D eigenvalue weighted by molar-refractivity contribution is 6.74. The molecule has 2 aromatic heterocycles. The average molecular weight is 587 g/mol. The summed E-state index contributed by atoms with van der Waals surface area (Å²) in [4.78, 5) is 22.0. The highest BCUT2D eigenvalue weighted by atomic mass is 35.5. The largest absolute Gasteiger partial charge is 0.543 e. The summed E-state index contributed by atoms with van der Waals surface area (Å²) in [6, 6.07) is 5.22. The fourth-order valence-electron chi connectivity index (χ4n) is 4.24. The molecule has 5 N–H and O–H groups in total. The third kappa shape index (κ3) is 5.96. The topological polar surface area (TPSA) is 148 Å². The van der Waals surface area contributed by atoms with E-state index in [1.165, 1.54) is 10.9 Å². The standard InChI is InChI=1S/C28H39ClN6O4Si/c1-27(2,3)38-26(37)35-20(22(30)21-24(31)32-14-33-25(21)34-16-11-17(36)12-16)10-15-9-18(13-19(29)23(15)35)39-40(7,8)28(4,5)6/h9-10,13-14,16-17,30,36H,11-12H2,1-8H3,(H3,31,32,33,34). The van der Waals surface area contributed by atoms with Gasteiger partial charge in [-0.1, -0.05) is 32.4 Å². The molecule has 0 unspecified atom stereocenters. The number of benzene rings is 1. The number of aromatic nitrogens is 3. The molecule has 3 aromatic rings. The van der Waals surface area contributed by atoms with Gasteiger partial charge in [0.15, 0.2) is 0 Å². The number of nitrogen functional groups attached to an aromatic ring is 1. The lowest BCUT2D eigenvalue weighted by Crippen LogP contribution is -2.43. The summed E-state index contributed by atoms with van der Waals surface area (Å²) in [5.74, 6) is 1.02. The molecular weight excluding hydrogens is 548 g/mol. The number of fused-ring (bicyclic) bond motifs is 1. The number of halogens is 1. The maximum absolute atomic E-state index is 13.6. The van der Waals surface area contributed by atoms with Crippen LogP contribution in [0.4, 0.5) is 16.4 Å². The lowest BCUT2D eigenvalue weighted by molar-refractivity contribution is 0.0543. The van der Waals surface area contributed by atoms with E-state index in [1.807, 2.05) is 6.07 Å². The van der Waals surface area contributed by atoms with Crippen molar-refractivity contribution in [1.29, 1.82) is 5.41 Å². The van der Waals surface area contributed by atoms with E-state index in [1.54, 1.807) is 32.9 Å². The molecule has 0 spiro atoms. The molecule has 1 aromatic carbocycles. The van der Waals surface area contributed by atoms with Gasteiger partial charge in [-0.25, -0.2) is 19.3 Å². The third-order valence-electron chi connectivity index (χ3n) is 7.42. The van der Waals surface area contributed by atoms with Crippen LogP contribution in [0.1, 0.15) is 65.6 Å². The van der Waals surface area contributed by atoms with Crippen LogP contribution in [0.15, 0.2) is 24.5 Å². The number of rotatable bonds is 6. The number of nitrogens with zero attached hydrogens (tertiary/aromatic N) is 3.